The summed E-state index contributed by atoms with van der Waals surface area (Å²) in [6.07, 6.45) is 8.49. The monoisotopic (exact) mass is 430 g/mol. The Morgan fingerprint density at radius 3 is 2.50 bits per heavy atom. The van der Waals surface area contributed by atoms with Gasteiger partial charge in [-0.25, -0.2) is 4.68 Å². The van der Waals surface area contributed by atoms with Crippen LogP contribution in [0.25, 0.3) is 6.08 Å². The normalized spacial score (nSPS) is 15.1. The lowest BCUT2D eigenvalue weighted by molar-refractivity contribution is -0.116. The number of ether oxygens (including phenoxy) is 1. The average molecular weight is 431 g/mol. The van der Waals surface area contributed by atoms with Crippen LogP contribution in [0, 0.1) is 0 Å². The molecule has 166 valence electrons. The van der Waals surface area contributed by atoms with Crippen molar-refractivity contribution in [3.63, 3.8) is 0 Å². The summed E-state index contributed by atoms with van der Waals surface area (Å²) in [6, 6.07) is 22.1. The van der Waals surface area contributed by atoms with Gasteiger partial charge in [0, 0.05) is 25.7 Å². The molecule has 6 heteroatoms. The molecule has 4 rings (SSSR count). The molecule has 32 heavy (non-hydrogen) atoms. The molecule has 1 N–H and O–H groups in total. The molecular weight excluding hydrogens is 400 g/mol. The van der Waals surface area contributed by atoms with Crippen molar-refractivity contribution in [2.24, 2.45) is 0 Å². The van der Waals surface area contributed by atoms with Crippen LogP contribution in [0.4, 0.5) is 5.82 Å². The van der Waals surface area contributed by atoms with Crippen molar-refractivity contribution in [3.8, 4) is 5.75 Å². The highest BCUT2D eigenvalue weighted by Gasteiger charge is 2.22. The van der Waals surface area contributed by atoms with Gasteiger partial charge < -0.3 is 10.1 Å². The predicted octanol–water partition coefficient (Wildman–Crippen LogP) is 4.64. The van der Waals surface area contributed by atoms with Crippen molar-refractivity contribution in [1.29, 1.82) is 0 Å². The van der Waals surface area contributed by atoms with Crippen molar-refractivity contribution in [3.05, 3.63) is 84.6 Å². The molecule has 1 aliphatic rings. The van der Waals surface area contributed by atoms with Gasteiger partial charge in [-0.05, 0) is 30.5 Å². The standard InChI is InChI=1S/C26H30N4O2/c31-26(16-21-32-24-11-5-2-6-12-24)28-25-13-17-27-30(25)23-14-19-29(20-15-23)18-7-10-22-8-3-1-4-9-22/h1-13,17,23H,14-16,18-21H2,(H,28,31). The second-order valence-corrected chi connectivity index (χ2v) is 7.97. The number of hydrogen-bond donors (Lipinski definition) is 1. The first-order valence-corrected chi connectivity index (χ1v) is 11.2. The van der Waals surface area contributed by atoms with Crippen molar-refractivity contribution >= 4 is 17.8 Å². The predicted molar refractivity (Wildman–Crippen MR) is 128 cm³/mol. The molecule has 1 fully saturated rings. The Kier molecular flexibility index (Phi) is 7.71. The first-order chi connectivity index (χ1) is 15.8. The van der Waals surface area contributed by atoms with Crippen LogP contribution >= 0.6 is 0 Å². The number of carbonyl (C=O) groups excluding carboxylic acids is 1. The van der Waals surface area contributed by atoms with E-state index >= 15 is 0 Å². The molecule has 0 saturated carbocycles. The number of hydrogen-bond acceptors (Lipinski definition) is 4. The van der Waals surface area contributed by atoms with Crippen molar-refractivity contribution in [1.82, 2.24) is 14.7 Å². The van der Waals surface area contributed by atoms with E-state index in [1.807, 2.05) is 47.1 Å². The molecule has 1 aliphatic heterocycles. The summed E-state index contributed by atoms with van der Waals surface area (Å²) < 4.78 is 7.59. The van der Waals surface area contributed by atoms with Gasteiger partial charge in [-0.15, -0.1) is 0 Å². The maximum absolute atomic E-state index is 12.4. The number of nitrogens with zero attached hydrogens (tertiary/aromatic N) is 3. The van der Waals surface area contributed by atoms with Gasteiger partial charge >= 0.3 is 0 Å². The van der Waals surface area contributed by atoms with Gasteiger partial charge in [0.1, 0.15) is 11.6 Å². The number of aromatic nitrogens is 2. The third-order valence-corrected chi connectivity index (χ3v) is 5.66. The van der Waals surface area contributed by atoms with E-state index in [2.05, 4.69) is 51.7 Å². The Morgan fingerprint density at radius 2 is 1.75 bits per heavy atom. The Labute approximate surface area is 189 Å². The highest BCUT2D eigenvalue weighted by Crippen LogP contribution is 2.25. The quantitative estimate of drug-likeness (QED) is 0.537. The molecule has 1 aromatic heterocycles. The van der Waals surface area contributed by atoms with Crippen LogP contribution in [0.3, 0.4) is 0 Å². The minimum atomic E-state index is -0.0637. The van der Waals surface area contributed by atoms with Crippen LogP contribution in [-0.4, -0.2) is 46.8 Å². The zero-order valence-electron chi connectivity index (χ0n) is 18.3. The van der Waals surface area contributed by atoms with Crippen molar-refractivity contribution in [2.45, 2.75) is 25.3 Å². The lowest BCUT2D eigenvalue weighted by Gasteiger charge is -2.32. The van der Waals surface area contributed by atoms with Crippen molar-refractivity contribution < 1.29 is 9.53 Å². The summed E-state index contributed by atoms with van der Waals surface area (Å²) in [5.74, 6) is 1.47. The second-order valence-electron chi connectivity index (χ2n) is 7.97. The first kappa shape index (κ1) is 21.8. The van der Waals surface area contributed by atoms with E-state index in [1.54, 1.807) is 6.20 Å². The highest BCUT2D eigenvalue weighted by atomic mass is 16.5. The molecule has 1 saturated heterocycles. The van der Waals surface area contributed by atoms with E-state index in [0.717, 1.165) is 44.0 Å². The van der Waals surface area contributed by atoms with Crippen molar-refractivity contribution in [2.75, 3.05) is 31.6 Å². The summed E-state index contributed by atoms with van der Waals surface area (Å²) in [7, 11) is 0. The van der Waals surface area contributed by atoms with Gasteiger partial charge in [0.25, 0.3) is 0 Å². The molecule has 0 spiro atoms. The number of carbonyl (C=O) groups is 1. The number of para-hydroxylation sites is 1. The topological polar surface area (TPSA) is 59.4 Å². The van der Waals surface area contributed by atoms with Gasteiger partial charge in [0.05, 0.1) is 25.3 Å². The van der Waals surface area contributed by atoms with E-state index in [-0.39, 0.29) is 5.91 Å². The minimum Gasteiger partial charge on any atom is -0.493 e. The maximum Gasteiger partial charge on any atom is 0.228 e. The maximum atomic E-state index is 12.4. The molecule has 6 nitrogen and oxygen atoms in total. The van der Waals surface area contributed by atoms with Gasteiger partial charge in [-0.1, -0.05) is 60.7 Å². The summed E-state index contributed by atoms with van der Waals surface area (Å²) in [4.78, 5) is 14.8. The van der Waals surface area contributed by atoms with Gasteiger partial charge in [-0.2, -0.15) is 5.10 Å². The molecule has 3 aromatic rings. The largest absolute Gasteiger partial charge is 0.493 e. The summed E-state index contributed by atoms with van der Waals surface area (Å²) in [5, 5.41) is 7.48. The van der Waals surface area contributed by atoms with Crippen LogP contribution in [-0.2, 0) is 4.79 Å². The fourth-order valence-corrected chi connectivity index (χ4v) is 3.94. The molecule has 0 atom stereocenters. The van der Waals surface area contributed by atoms with E-state index < -0.39 is 0 Å². The molecular formula is C26H30N4O2. The van der Waals surface area contributed by atoms with Crippen LogP contribution in [0.1, 0.15) is 30.9 Å². The van der Waals surface area contributed by atoms with Crippen LogP contribution in [0.5, 0.6) is 5.75 Å². The number of anilines is 1. The molecule has 0 aliphatic carbocycles. The summed E-state index contributed by atoms with van der Waals surface area (Å²) >= 11 is 0. The van der Waals surface area contributed by atoms with Gasteiger partial charge in [-0.3, -0.25) is 9.69 Å². The van der Waals surface area contributed by atoms with Gasteiger partial charge in [0.2, 0.25) is 5.91 Å². The molecule has 2 aromatic carbocycles. The molecule has 0 bridgehead atoms. The van der Waals surface area contributed by atoms with Gasteiger partial charge in [0.15, 0.2) is 0 Å². The molecule has 0 unspecified atom stereocenters. The fourth-order valence-electron chi connectivity index (χ4n) is 3.94. The third-order valence-electron chi connectivity index (χ3n) is 5.66. The highest BCUT2D eigenvalue weighted by molar-refractivity contribution is 5.89. The van der Waals surface area contributed by atoms with E-state index in [9.17, 15) is 4.79 Å². The summed E-state index contributed by atoms with van der Waals surface area (Å²) in [6.45, 7) is 3.33. The Morgan fingerprint density at radius 1 is 1.03 bits per heavy atom. The average Bonchev–Trinajstić information content (AvgIpc) is 3.29. The minimum absolute atomic E-state index is 0.0637. The Balaban J connectivity index is 1.21. The number of piperidine rings is 1. The van der Waals surface area contributed by atoms with E-state index in [4.69, 9.17) is 4.74 Å². The second kappa shape index (κ2) is 11.3. The Hall–Kier alpha value is -3.38. The molecule has 1 amide bonds. The first-order valence-electron chi connectivity index (χ1n) is 11.2. The number of amides is 1. The van der Waals surface area contributed by atoms with Crippen LogP contribution in [0.15, 0.2) is 79.0 Å². The zero-order chi connectivity index (χ0) is 22.0. The molecule has 0 radical (unpaired) electrons. The molecule has 2 heterocycles. The third kappa shape index (κ3) is 6.31. The van der Waals surface area contributed by atoms with Crippen LogP contribution < -0.4 is 10.1 Å². The number of likely N-dealkylation sites (tertiary alicyclic amines) is 1. The number of benzene rings is 2. The fraction of sp³-hybridized carbons (Fsp3) is 0.308. The zero-order valence-corrected chi connectivity index (χ0v) is 18.3. The van der Waals surface area contributed by atoms with E-state index in [0.29, 0.717) is 19.1 Å². The smallest absolute Gasteiger partial charge is 0.228 e. The summed E-state index contributed by atoms with van der Waals surface area (Å²) in [5.41, 5.74) is 1.23. The van der Waals surface area contributed by atoms with E-state index in [1.165, 1.54) is 5.56 Å². The lowest BCUT2D eigenvalue weighted by atomic mass is 10.1. The van der Waals surface area contributed by atoms with Crippen LogP contribution in [0.2, 0.25) is 0 Å². The SMILES string of the molecule is O=C(CCOc1ccccc1)Nc1ccnn1C1CCN(CC=Cc2ccccc2)CC1. The Bertz CT molecular complexity index is 993. The number of nitrogens with one attached hydrogen (secondary N) is 1. The lowest BCUT2D eigenvalue weighted by Crippen LogP contribution is -2.35. The number of rotatable bonds is 9.